The van der Waals surface area contributed by atoms with Crippen LogP contribution in [0.3, 0.4) is 0 Å². The van der Waals surface area contributed by atoms with Crippen LogP contribution < -0.4 is 4.74 Å². The van der Waals surface area contributed by atoms with Crippen molar-refractivity contribution in [2.24, 2.45) is 0 Å². The van der Waals surface area contributed by atoms with Crippen molar-refractivity contribution in [3.63, 3.8) is 0 Å². The molecule has 0 spiro atoms. The molecule has 0 aliphatic carbocycles. The Balaban J connectivity index is 2.13. The molecule has 0 N–H and O–H groups in total. The number of aromatic nitrogens is 1. The lowest BCUT2D eigenvalue weighted by Gasteiger charge is -2.09. The first kappa shape index (κ1) is 13.3. The van der Waals surface area contributed by atoms with E-state index in [1.807, 2.05) is 55.5 Å². The zero-order chi connectivity index (χ0) is 14.8. The van der Waals surface area contributed by atoms with Crippen molar-refractivity contribution < 1.29 is 9.53 Å². The number of hydrogen-bond donors (Lipinski definition) is 0. The number of nitrogens with zero attached hydrogens (tertiary/aromatic N) is 1. The summed E-state index contributed by atoms with van der Waals surface area (Å²) in [4.78, 5) is 17.1. The minimum atomic E-state index is 0.00810. The van der Waals surface area contributed by atoms with Crippen LogP contribution in [-0.4, -0.2) is 17.9 Å². The standard InChI is InChI=1S/C18H15NO2/c1-12-11-13(21-2)8-9-14(12)18(20)16-5-3-7-17-15(16)6-4-10-19-17/h3-11H,1-2H3. The Kier molecular flexibility index (Phi) is 3.40. The number of methoxy groups -OCH3 is 1. The fraction of sp³-hybridized carbons (Fsp3) is 0.111. The molecule has 3 aromatic rings. The first-order valence-electron chi connectivity index (χ1n) is 6.74. The van der Waals surface area contributed by atoms with E-state index in [0.717, 1.165) is 22.2 Å². The highest BCUT2D eigenvalue weighted by atomic mass is 16.5. The van der Waals surface area contributed by atoms with Gasteiger partial charge in [-0.3, -0.25) is 9.78 Å². The second-order valence-corrected chi connectivity index (χ2v) is 4.89. The summed E-state index contributed by atoms with van der Waals surface area (Å²) in [7, 11) is 1.62. The molecule has 21 heavy (non-hydrogen) atoms. The van der Waals surface area contributed by atoms with Crippen LogP contribution in [0.15, 0.2) is 54.7 Å². The third-order valence-corrected chi connectivity index (χ3v) is 3.57. The van der Waals surface area contributed by atoms with Gasteiger partial charge in [-0.15, -0.1) is 0 Å². The molecule has 3 rings (SSSR count). The molecule has 0 unspecified atom stereocenters. The minimum absolute atomic E-state index is 0.00810. The van der Waals surface area contributed by atoms with Crippen molar-refractivity contribution in [1.82, 2.24) is 4.98 Å². The smallest absolute Gasteiger partial charge is 0.193 e. The number of hydrogen-bond acceptors (Lipinski definition) is 3. The molecule has 0 saturated carbocycles. The quantitative estimate of drug-likeness (QED) is 0.684. The predicted octanol–water partition coefficient (Wildman–Crippen LogP) is 3.78. The Hall–Kier alpha value is -2.68. The van der Waals surface area contributed by atoms with E-state index >= 15 is 0 Å². The van der Waals surface area contributed by atoms with Crippen LogP contribution in [0.25, 0.3) is 10.9 Å². The number of carbonyl (C=O) groups is 1. The molecule has 1 heterocycles. The first-order valence-corrected chi connectivity index (χ1v) is 6.74. The van der Waals surface area contributed by atoms with E-state index < -0.39 is 0 Å². The average molecular weight is 277 g/mol. The van der Waals surface area contributed by atoms with Crippen LogP contribution in [-0.2, 0) is 0 Å². The maximum atomic E-state index is 12.8. The molecule has 0 aliphatic rings. The van der Waals surface area contributed by atoms with Gasteiger partial charge in [0.05, 0.1) is 12.6 Å². The molecule has 0 saturated heterocycles. The Morgan fingerprint density at radius 2 is 1.90 bits per heavy atom. The summed E-state index contributed by atoms with van der Waals surface area (Å²) in [6, 6.07) is 14.9. The highest BCUT2D eigenvalue weighted by Gasteiger charge is 2.15. The SMILES string of the molecule is COc1ccc(C(=O)c2cccc3ncccc23)c(C)c1. The van der Waals surface area contributed by atoms with Crippen molar-refractivity contribution in [3.05, 3.63) is 71.4 Å². The number of benzene rings is 2. The molecular formula is C18H15NO2. The van der Waals surface area contributed by atoms with Gasteiger partial charge in [0.2, 0.25) is 0 Å². The molecule has 104 valence electrons. The second-order valence-electron chi connectivity index (χ2n) is 4.89. The fourth-order valence-corrected chi connectivity index (χ4v) is 2.46. The summed E-state index contributed by atoms with van der Waals surface area (Å²) in [5.41, 5.74) is 3.09. The molecule has 0 aliphatic heterocycles. The summed E-state index contributed by atoms with van der Waals surface area (Å²) in [5.74, 6) is 0.761. The Labute approximate surface area is 123 Å². The lowest BCUT2D eigenvalue weighted by Crippen LogP contribution is -2.05. The molecule has 0 fully saturated rings. The molecule has 3 nitrogen and oxygen atoms in total. The van der Waals surface area contributed by atoms with E-state index in [1.165, 1.54) is 0 Å². The van der Waals surface area contributed by atoms with Crippen LogP contribution in [0.5, 0.6) is 5.75 Å². The van der Waals surface area contributed by atoms with Crippen molar-refractivity contribution >= 4 is 16.7 Å². The van der Waals surface area contributed by atoms with E-state index in [1.54, 1.807) is 13.3 Å². The Morgan fingerprint density at radius 3 is 2.67 bits per heavy atom. The van der Waals surface area contributed by atoms with Crippen molar-refractivity contribution in [2.75, 3.05) is 7.11 Å². The number of pyridine rings is 1. The van der Waals surface area contributed by atoms with Gasteiger partial charge in [0.25, 0.3) is 0 Å². The number of ether oxygens (including phenoxy) is 1. The van der Waals surface area contributed by atoms with E-state index in [2.05, 4.69) is 4.98 Å². The summed E-state index contributed by atoms with van der Waals surface area (Å²) < 4.78 is 5.18. The van der Waals surface area contributed by atoms with E-state index in [9.17, 15) is 4.79 Å². The van der Waals surface area contributed by atoms with Crippen molar-refractivity contribution in [2.45, 2.75) is 6.92 Å². The highest BCUT2D eigenvalue weighted by molar-refractivity contribution is 6.16. The second kappa shape index (κ2) is 5.37. The molecule has 0 radical (unpaired) electrons. The third-order valence-electron chi connectivity index (χ3n) is 3.57. The zero-order valence-electron chi connectivity index (χ0n) is 12.0. The number of ketones is 1. The van der Waals surface area contributed by atoms with Gasteiger partial charge in [-0.1, -0.05) is 18.2 Å². The molecule has 0 amide bonds. The minimum Gasteiger partial charge on any atom is -0.497 e. The van der Waals surface area contributed by atoms with Crippen molar-refractivity contribution in [1.29, 1.82) is 0 Å². The number of aryl methyl sites for hydroxylation is 1. The van der Waals surface area contributed by atoms with E-state index in [4.69, 9.17) is 4.74 Å². The van der Waals surface area contributed by atoms with Crippen LogP contribution in [0.1, 0.15) is 21.5 Å². The molecule has 2 aromatic carbocycles. The van der Waals surface area contributed by atoms with E-state index in [0.29, 0.717) is 11.1 Å². The summed E-state index contributed by atoms with van der Waals surface area (Å²) in [5, 5.41) is 0.875. The van der Waals surface area contributed by atoms with Gasteiger partial charge in [0, 0.05) is 22.7 Å². The monoisotopic (exact) mass is 277 g/mol. The van der Waals surface area contributed by atoms with Gasteiger partial charge < -0.3 is 4.74 Å². The van der Waals surface area contributed by atoms with E-state index in [-0.39, 0.29) is 5.78 Å². The Bertz CT molecular complexity index is 819. The zero-order valence-corrected chi connectivity index (χ0v) is 12.0. The summed E-state index contributed by atoms with van der Waals surface area (Å²) in [6.45, 7) is 1.92. The third kappa shape index (κ3) is 2.38. The van der Waals surface area contributed by atoms with Crippen LogP contribution >= 0.6 is 0 Å². The van der Waals surface area contributed by atoms with Crippen LogP contribution in [0.2, 0.25) is 0 Å². The Morgan fingerprint density at radius 1 is 1.05 bits per heavy atom. The summed E-state index contributed by atoms with van der Waals surface area (Å²) >= 11 is 0. The lowest BCUT2D eigenvalue weighted by molar-refractivity contribution is 0.103. The van der Waals surface area contributed by atoms with Crippen LogP contribution in [0.4, 0.5) is 0 Å². The summed E-state index contributed by atoms with van der Waals surface area (Å²) in [6.07, 6.45) is 1.73. The van der Waals surface area contributed by atoms with Gasteiger partial charge in [0.1, 0.15) is 5.75 Å². The number of fused-ring (bicyclic) bond motifs is 1. The predicted molar refractivity (Wildman–Crippen MR) is 82.9 cm³/mol. The maximum absolute atomic E-state index is 12.8. The average Bonchev–Trinajstić information content (AvgIpc) is 2.53. The normalized spacial score (nSPS) is 10.6. The van der Waals surface area contributed by atoms with Crippen molar-refractivity contribution in [3.8, 4) is 5.75 Å². The van der Waals surface area contributed by atoms with Gasteiger partial charge in [0.15, 0.2) is 5.78 Å². The highest BCUT2D eigenvalue weighted by Crippen LogP contribution is 2.23. The van der Waals surface area contributed by atoms with Gasteiger partial charge >= 0.3 is 0 Å². The molecule has 3 heteroatoms. The molecular weight excluding hydrogens is 262 g/mol. The largest absolute Gasteiger partial charge is 0.497 e. The van der Waals surface area contributed by atoms with Gasteiger partial charge in [-0.05, 0) is 42.8 Å². The molecule has 0 bridgehead atoms. The van der Waals surface area contributed by atoms with Gasteiger partial charge in [-0.2, -0.15) is 0 Å². The lowest BCUT2D eigenvalue weighted by atomic mass is 9.96. The maximum Gasteiger partial charge on any atom is 0.193 e. The van der Waals surface area contributed by atoms with Crippen LogP contribution in [0, 0.1) is 6.92 Å². The first-order chi connectivity index (χ1) is 10.2. The number of rotatable bonds is 3. The molecule has 0 atom stereocenters. The topological polar surface area (TPSA) is 39.2 Å². The number of carbonyl (C=O) groups excluding carboxylic acids is 1. The van der Waals surface area contributed by atoms with Gasteiger partial charge in [-0.25, -0.2) is 0 Å². The fourth-order valence-electron chi connectivity index (χ4n) is 2.46. The molecule has 1 aromatic heterocycles.